The van der Waals surface area contributed by atoms with Crippen molar-refractivity contribution in [1.82, 2.24) is 9.55 Å². The van der Waals surface area contributed by atoms with Gasteiger partial charge in [0.15, 0.2) is 5.16 Å². The lowest BCUT2D eigenvalue weighted by atomic mass is 10.1. The molecule has 0 aliphatic heterocycles. The highest BCUT2D eigenvalue weighted by Gasteiger charge is 2.10. The molecule has 0 amide bonds. The number of fused-ring (bicyclic) bond motifs is 1. The van der Waals surface area contributed by atoms with Crippen LogP contribution in [0.15, 0.2) is 53.7 Å². The number of hydrogen-bond donors (Lipinski definition) is 0. The number of aryl methyl sites for hydroxylation is 2. The standard InChI is InChI=1S/C17H18N2S/c1-3-19-16-11-7-6-10-15(16)18-17(19)20-12-14-9-5-4-8-13(14)2/h4-11H,3,12H2,1-2H3. The Kier molecular flexibility index (Phi) is 3.79. The van der Waals surface area contributed by atoms with E-state index in [4.69, 9.17) is 4.98 Å². The smallest absolute Gasteiger partial charge is 0.169 e. The minimum Gasteiger partial charge on any atom is -0.319 e. The lowest BCUT2D eigenvalue weighted by Gasteiger charge is -2.07. The number of imidazole rings is 1. The van der Waals surface area contributed by atoms with E-state index in [1.807, 2.05) is 17.8 Å². The molecule has 0 saturated heterocycles. The Morgan fingerprint density at radius 1 is 1.05 bits per heavy atom. The molecule has 3 heteroatoms. The van der Waals surface area contributed by atoms with Gasteiger partial charge in [-0.15, -0.1) is 0 Å². The second kappa shape index (κ2) is 5.71. The van der Waals surface area contributed by atoms with Crippen LogP contribution in [0.2, 0.25) is 0 Å². The Morgan fingerprint density at radius 2 is 1.80 bits per heavy atom. The minimum absolute atomic E-state index is 0.955. The van der Waals surface area contributed by atoms with Crippen LogP contribution < -0.4 is 0 Å². The van der Waals surface area contributed by atoms with Crippen molar-refractivity contribution in [2.75, 3.05) is 0 Å². The van der Waals surface area contributed by atoms with Gasteiger partial charge in [0.05, 0.1) is 11.0 Å². The van der Waals surface area contributed by atoms with Crippen molar-refractivity contribution in [2.45, 2.75) is 31.3 Å². The number of hydrogen-bond acceptors (Lipinski definition) is 2. The van der Waals surface area contributed by atoms with Crippen molar-refractivity contribution in [3.63, 3.8) is 0 Å². The number of nitrogens with zero attached hydrogens (tertiary/aromatic N) is 2. The first kappa shape index (κ1) is 13.3. The van der Waals surface area contributed by atoms with E-state index in [-0.39, 0.29) is 0 Å². The van der Waals surface area contributed by atoms with E-state index >= 15 is 0 Å². The molecule has 1 aromatic heterocycles. The summed E-state index contributed by atoms with van der Waals surface area (Å²) in [6, 6.07) is 16.9. The SMILES string of the molecule is CCn1c(SCc2ccccc2C)nc2ccccc21. The molecule has 3 aromatic rings. The Bertz CT molecular complexity index is 731. The van der Waals surface area contributed by atoms with Gasteiger partial charge in [-0.05, 0) is 37.1 Å². The highest BCUT2D eigenvalue weighted by Crippen LogP contribution is 2.27. The van der Waals surface area contributed by atoms with E-state index in [0.717, 1.165) is 23.0 Å². The summed E-state index contributed by atoms with van der Waals surface area (Å²) in [6.45, 7) is 5.29. The first-order valence-corrected chi connectivity index (χ1v) is 7.90. The van der Waals surface area contributed by atoms with E-state index in [2.05, 4.69) is 60.9 Å². The highest BCUT2D eigenvalue weighted by atomic mass is 32.2. The van der Waals surface area contributed by atoms with Crippen LogP contribution in [0.3, 0.4) is 0 Å². The summed E-state index contributed by atoms with van der Waals surface area (Å²) < 4.78 is 2.29. The van der Waals surface area contributed by atoms with E-state index in [9.17, 15) is 0 Å². The molecule has 0 radical (unpaired) electrons. The van der Waals surface area contributed by atoms with E-state index < -0.39 is 0 Å². The van der Waals surface area contributed by atoms with Crippen LogP contribution in [0.25, 0.3) is 11.0 Å². The van der Waals surface area contributed by atoms with Gasteiger partial charge in [-0.3, -0.25) is 0 Å². The first-order valence-electron chi connectivity index (χ1n) is 6.92. The molecule has 1 heterocycles. The van der Waals surface area contributed by atoms with Gasteiger partial charge in [-0.1, -0.05) is 48.2 Å². The Hall–Kier alpha value is -1.74. The minimum atomic E-state index is 0.955. The molecule has 0 saturated carbocycles. The van der Waals surface area contributed by atoms with E-state index in [0.29, 0.717) is 0 Å². The summed E-state index contributed by atoms with van der Waals surface area (Å²) in [5, 5.41) is 1.11. The monoisotopic (exact) mass is 282 g/mol. The summed E-state index contributed by atoms with van der Waals surface area (Å²) in [5.74, 6) is 0.968. The van der Waals surface area contributed by atoms with Crippen molar-refractivity contribution < 1.29 is 0 Å². The average Bonchev–Trinajstić information content (AvgIpc) is 2.84. The Morgan fingerprint density at radius 3 is 2.60 bits per heavy atom. The van der Waals surface area contributed by atoms with Gasteiger partial charge in [0, 0.05) is 12.3 Å². The molecule has 0 bridgehead atoms. The summed E-state index contributed by atoms with van der Waals surface area (Å²) in [4.78, 5) is 4.75. The van der Waals surface area contributed by atoms with Crippen LogP contribution in [0.1, 0.15) is 18.1 Å². The third-order valence-electron chi connectivity index (χ3n) is 3.55. The zero-order valence-corrected chi connectivity index (χ0v) is 12.7. The molecule has 0 aliphatic carbocycles. The molecule has 0 spiro atoms. The lowest BCUT2D eigenvalue weighted by Crippen LogP contribution is -1.96. The van der Waals surface area contributed by atoms with E-state index in [1.54, 1.807) is 0 Å². The van der Waals surface area contributed by atoms with Gasteiger partial charge in [-0.2, -0.15) is 0 Å². The van der Waals surface area contributed by atoms with Gasteiger partial charge < -0.3 is 4.57 Å². The molecule has 20 heavy (non-hydrogen) atoms. The highest BCUT2D eigenvalue weighted by molar-refractivity contribution is 7.98. The molecule has 2 aromatic carbocycles. The van der Waals surface area contributed by atoms with Crippen molar-refractivity contribution in [1.29, 1.82) is 0 Å². The van der Waals surface area contributed by atoms with Crippen molar-refractivity contribution in [2.24, 2.45) is 0 Å². The maximum absolute atomic E-state index is 4.75. The number of rotatable bonds is 4. The van der Waals surface area contributed by atoms with E-state index in [1.165, 1.54) is 16.6 Å². The third kappa shape index (κ3) is 2.46. The predicted octanol–water partition coefficient (Wildman–Crippen LogP) is 4.66. The molecule has 0 fully saturated rings. The fourth-order valence-electron chi connectivity index (χ4n) is 2.38. The maximum atomic E-state index is 4.75. The summed E-state index contributed by atoms with van der Waals surface area (Å²) >= 11 is 1.82. The van der Waals surface area contributed by atoms with Crippen LogP contribution in [0.4, 0.5) is 0 Å². The van der Waals surface area contributed by atoms with Crippen molar-refractivity contribution >= 4 is 22.8 Å². The van der Waals surface area contributed by atoms with Crippen LogP contribution in [0.5, 0.6) is 0 Å². The average molecular weight is 282 g/mol. The zero-order chi connectivity index (χ0) is 13.9. The molecule has 102 valence electrons. The fourth-order valence-corrected chi connectivity index (χ4v) is 3.54. The van der Waals surface area contributed by atoms with Crippen LogP contribution in [-0.2, 0) is 12.3 Å². The number of para-hydroxylation sites is 2. The fraction of sp³-hybridized carbons (Fsp3) is 0.235. The van der Waals surface area contributed by atoms with Crippen LogP contribution in [0, 0.1) is 6.92 Å². The number of thioether (sulfide) groups is 1. The third-order valence-corrected chi connectivity index (χ3v) is 4.58. The normalized spacial score (nSPS) is 11.1. The van der Waals surface area contributed by atoms with Gasteiger partial charge in [0.2, 0.25) is 0 Å². The van der Waals surface area contributed by atoms with Crippen LogP contribution in [-0.4, -0.2) is 9.55 Å². The molecule has 3 rings (SSSR count). The quantitative estimate of drug-likeness (QED) is 0.648. The molecular formula is C17H18N2S. The summed E-state index contributed by atoms with van der Waals surface area (Å²) in [6.07, 6.45) is 0. The molecular weight excluding hydrogens is 264 g/mol. The molecule has 0 N–H and O–H groups in total. The van der Waals surface area contributed by atoms with Crippen LogP contribution >= 0.6 is 11.8 Å². The van der Waals surface area contributed by atoms with Gasteiger partial charge >= 0.3 is 0 Å². The maximum Gasteiger partial charge on any atom is 0.169 e. The molecule has 0 aliphatic rings. The largest absolute Gasteiger partial charge is 0.319 e. The Labute approximate surface area is 123 Å². The number of aromatic nitrogens is 2. The zero-order valence-electron chi connectivity index (χ0n) is 11.8. The molecule has 2 nitrogen and oxygen atoms in total. The predicted molar refractivity (Wildman–Crippen MR) is 86.1 cm³/mol. The summed E-state index contributed by atoms with van der Waals surface area (Å²) in [5.41, 5.74) is 5.04. The van der Waals surface area contributed by atoms with Gasteiger partial charge in [0.1, 0.15) is 0 Å². The van der Waals surface area contributed by atoms with Crippen molar-refractivity contribution in [3.05, 3.63) is 59.7 Å². The van der Waals surface area contributed by atoms with Crippen molar-refractivity contribution in [3.8, 4) is 0 Å². The second-order valence-electron chi connectivity index (χ2n) is 4.84. The van der Waals surface area contributed by atoms with Gasteiger partial charge in [0.25, 0.3) is 0 Å². The lowest BCUT2D eigenvalue weighted by molar-refractivity contribution is 0.702. The first-order chi connectivity index (χ1) is 9.79. The number of benzene rings is 2. The summed E-state index contributed by atoms with van der Waals surface area (Å²) in [7, 11) is 0. The molecule has 0 atom stereocenters. The second-order valence-corrected chi connectivity index (χ2v) is 5.79. The van der Waals surface area contributed by atoms with Gasteiger partial charge in [-0.25, -0.2) is 4.98 Å². The molecule has 0 unspecified atom stereocenters. The Balaban J connectivity index is 1.89. The topological polar surface area (TPSA) is 17.8 Å².